The number of hydrogen-bond acceptors (Lipinski definition) is 4. The Morgan fingerprint density at radius 3 is 3.00 bits per heavy atom. The van der Waals surface area contributed by atoms with E-state index in [1.807, 2.05) is 19.9 Å². The minimum Gasteiger partial charge on any atom is -0.493 e. The summed E-state index contributed by atoms with van der Waals surface area (Å²) in [5.74, 6) is 1.18. The molecular formula is C15H17NO4. The molecule has 0 fully saturated rings. The Balaban J connectivity index is 2.22. The van der Waals surface area contributed by atoms with Crippen LogP contribution in [0.15, 0.2) is 12.1 Å². The van der Waals surface area contributed by atoms with Crippen molar-refractivity contribution in [2.75, 3.05) is 13.7 Å². The smallest absolute Gasteiger partial charge is 0.354 e. The molecule has 0 saturated carbocycles. The fourth-order valence-electron chi connectivity index (χ4n) is 2.62. The largest absolute Gasteiger partial charge is 0.493 e. The van der Waals surface area contributed by atoms with Gasteiger partial charge in [-0.2, -0.15) is 0 Å². The van der Waals surface area contributed by atoms with E-state index in [0.717, 1.165) is 34.4 Å². The second-order valence-electron chi connectivity index (χ2n) is 4.89. The van der Waals surface area contributed by atoms with Crippen molar-refractivity contribution in [1.29, 1.82) is 0 Å². The van der Waals surface area contributed by atoms with Crippen LogP contribution < -0.4 is 9.47 Å². The molecule has 1 aromatic carbocycles. The number of rotatable bonds is 3. The molecule has 1 unspecified atom stereocenters. The predicted molar refractivity (Wildman–Crippen MR) is 74.6 cm³/mol. The van der Waals surface area contributed by atoms with Gasteiger partial charge in [-0.15, -0.1) is 0 Å². The SMILES string of the molecule is CCOc1cc2c(c3[nH]c(C(=O)OC)cc13)OC(C)C2. The summed E-state index contributed by atoms with van der Waals surface area (Å²) in [6, 6.07) is 3.75. The molecule has 106 valence electrons. The minimum atomic E-state index is -0.400. The van der Waals surface area contributed by atoms with E-state index >= 15 is 0 Å². The first-order chi connectivity index (χ1) is 9.63. The van der Waals surface area contributed by atoms with Crippen LogP contribution in [0.3, 0.4) is 0 Å². The highest BCUT2D eigenvalue weighted by molar-refractivity contribution is 6.00. The average Bonchev–Trinajstić information content (AvgIpc) is 3.01. The van der Waals surface area contributed by atoms with E-state index < -0.39 is 5.97 Å². The van der Waals surface area contributed by atoms with Gasteiger partial charge in [0.05, 0.1) is 19.2 Å². The van der Waals surface area contributed by atoms with E-state index in [2.05, 4.69) is 4.98 Å². The zero-order chi connectivity index (χ0) is 14.3. The van der Waals surface area contributed by atoms with Gasteiger partial charge in [0.15, 0.2) is 0 Å². The molecule has 20 heavy (non-hydrogen) atoms. The van der Waals surface area contributed by atoms with Crippen LogP contribution in [0.5, 0.6) is 11.5 Å². The molecule has 5 nitrogen and oxygen atoms in total. The van der Waals surface area contributed by atoms with Crippen molar-refractivity contribution in [1.82, 2.24) is 4.98 Å². The summed E-state index contributed by atoms with van der Waals surface area (Å²) in [6.07, 6.45) is 0.979. The van der Waals surface area contributed by atoms with Crippen LogP contribution in [0.1, 0.15) is 29.9 Å². The van der Waals surface area contributed by atoms with Crippen molar-refractivity contribution in [3.05, 3.63) is 23.4 Å². The standard InChI is InChI=1S/C15H17NO4/c1-4-19-12-6-9-5-8(2)20-14(9)13-10(12)7-11(16-13)15(17)18-3/h6-8,16H,4-5H2,1-3H3. The Morgan fingerprint density at radius 1 is 1.50 bits per heavy atom. The zero-order valence-corrected chi connectivity index (χ0v) is 11.8. The molecule has 0 radical (unpaired) electrons. The zero-order valence-electron chi connectivity index (χ0n) is 11.8. The van der Waals surface area contributed by atoms with Crippen LogP contribution in [0.4, 0.5) is 0 Å². The normalized spacial score (nSPS) is 16.9. The van der Waals surface area contributed by atoms with Crippen molar-refractivity contribution >= 4 is 16.9 Å². The lowest BCUT2D eigenvalue weighted by molar-refractivity contribution is 0.0595. The Bertz CT molecular complexity index is 674. The van der Waals surface area contributed by atoms with Crippen molar-refractivity contribution in [3.8, 4) is 11.5 Å². The number of nitrogens with one attached hydrogen (secondary N) is 1. The van der Waals surface area contributed by atoms with Gasteiger partial charge in [0.1, 0.15) is 23.3 Å². The van der Waals surface area contributed by atoms with E-state index in [-0.39, 0.29) is 6.10 Å². The van der Waals surface area contributed by atoms with Gasteiger partial charge >= 0.3 is 5.97 Å². The van der Waals surface area contributed by atoms with E-state index in [0.29, 0.717) is 12.3 Å². The van der Waals surface area contributed by atoms with Crippen molar-refractivity contribution in [2.45, 2.75) is 26.4 Å². The molecule has 0 aliphatic carbocycles. The number of hydrogen-bond donors (Lipinski definition) is 1. The summed E-state index contributed by atoms with van der Waals surface area (Å²) in [5, 5.41) is 0.847. The third kappa shape index (κ3) is 1.90. The van der Waals surface area contributed by atoms with E-state index in [1.54, 1.807) is 6.07 Å². The number of methoxy groups -OCH3 is 1. The molecule has 0 bridgehead atoms. The number of benzene rings is 1. The lowest BCUT2D eigenvalue weighted by atomic mass is 10.1. The van der Waals surface area contributed by atoms with Gasteiger partial charge in [0.2, 0.25) is 0 Å². The van der Waals surface area contributed by atoms with Crippen LogP contribution in [0.25, 0.3) is 10.9 Å². The molecule has 0 spiro atoms. The van der Waals surface area contributed by atoms with Crippen LogP contribution in [0, 0.1) is 0 Å². The van der Waals surface area contributed by atoms with Gasteiger partial charge in [0, 0.05) is 17.4 Å². The highest BCUT2D eigenvalue weighted by atomic mass is 16.5. The molecule has 5 heteroatoms. The molecular weight excluding hydrogens is 258 g/mol. The molecule has 1 atom stereocenters. The third-order valence-corrected chi connectivity index (χ3v) is 3.44. The first-order valence-electron chi connectivity index (χ1n) is 6.70. The predicted octanol–water partition coefficient (Wildman–Crippen LogP) is 2.68. The molecule has 1 aliphatic rings. The molecule has 2 aromatic rings. The summed E-state index contributed by atoms with van der Waals surface area (Å²) in [7, 11) is 1.36. The number of H-pyrrole nitrogens is 1. The maximum atomic E-state index is 11.7. The van der Waals surface area contributed by atoms with Crippen molar-refractivity contribution < 1.29 is 19.0 Å². The summed E-state index contributed by atoms with van der Waals surface area (Å²) in [6.45, 7) is 4.53. The number of fused-ring (bicyclic) bond motifs is 3. The lowest BCUT2D eigenvalue weighted by Gasteiger charge is -2.08. The number of esters is 1. The quantitative estimate of drug-likeness (QED) is 0.875. The second-order valence-corrected chi connectivity index (χ2v) is 4.89. The highest BCUT2D eigenvalue weighted by Crippen LogP contribution is 2.41. The highest BCUT2D eigenvalue weighted by Gasteiger charge is 2.26. The fourth-order valence-corrected chi connectivity index (χ4v) is 2.62. The van der Waals surface area contributed by atoms with Gasteiger partial charge in [-0.3, -0.25) is 0 Å². The Hall–Kier alpha value is -2.17. The van der Waals surface area contributed by atoms with Crippen LogP contribution in [-0.2, 0) is 11.2 Å². The van der Waals surface area contributed by atoms with Gasteiger partial charge in [-0.25, -0.2) is 4.79 Å². The molecule has 1 N–H and O–H groups in total. The monoisotopic (exact) mass is 275 g/mol. The first-order valence-corrected chi connectivity index (χ1v) is 6.70. The lowest BCUT2D eigenvalue weighted by Crippen LogP contribution is -2.05. The second kappa shape index (κ2) is 4.74. The van der Waals surface area contributed by atoms with E-state index in [1.165, 1.54) is 7.11 Å². The first kappa shape index (κ1) is 12.8. The number of aromatic amines is 1. The Kier molecular flexibility index (Phi) is 3.04. The summed E-state index contributed by atoms with van der Waals surface area (Å²) >= 11 is 0. The average molecular weight is 275 g/mol. The molecule has 1 aromatic heterocycles. The topological polar surface area (TPSA) is 60.6 Å². The summed E-state index contributed by atoms with van der Waals surface area (Å²) in [4.78, 5) is 14.8. The van der Waals surface area contributed by atoms with Gasteiger partial charge in [0.25, 0.3) is 0 Å². The van der Waals surface area contributed by atoms with Gasteiger partial charge in [-0.1, -0.05) is 0 Å². The Morgan fingerprint density at radius 2 is 2.30 bits per heavy atom. The fraction of sp³-hybridized carbons (Fsp3) is 0.400. The number of carbonyl (C=O) groups is 1. The maximum Gasteiger partial charge on any atom is 0.354 e. The van der Waals surface area contributed by atoms with Crippen LogP contribution in [0.2, 0.25) is 0 Å². The number of ether oxygens (including phenoxy) is 3. The van der Waals surface area contributed by atoms with Gasteiger partial charge in [-0.05, 0) is 26.0 Å². The molecule has 2 heterocycles. The van der Waals surface area contributed by atoms with E-state index in [4.69, 9.17) is 14.2 Å². The van der Waals surface area contributed by atoms with Gasteiger partial charge < -0.3 is 19.2 Å². The van der Waals surface area contributed by atoms with Crippen molar-refractivity contribution in [3.63, 3.8) is 0 Å². The summed E-state index contributed by atoms with van der Waals surface area (Å²) < 4.78 is 16.3. The minimum absolute atomic E-state index is 0.134. The van der Waals surface area contributed by atoms with Crippen molar-refractivity contribution in [2.24, 2.45) is 0 Å². The number of aromatic nitrogens is 1. The number of carbonyl (C=O) groups excluding carboxylic acids is 1. The Labute approximate surface area is 116 Å². The van der Waals surface area contributed by atoms with Crippen LogP contribution >= 0.6 is 0 Å². The summed E-state index contributed by atoms with van der Waals surface area (Å²) in [5.41, 5.74) is 2.31. The third-order valence-electron chi connectivity index (χ3n) is 3.44. The van der Waals surface area contributed by atoms with E-state index in [9.17, 15) is 4.79 Å². The molecule has 3 rings (SSSR count). The molecule has 0 amide bonds. The maximum absolute atomic E-state index is 11.7. The molecule has 1 aliphatic heterocycles. The van der Waals surface area contributed by atoms with Crippen LogP contribution in [-0.4, -0.2) is 30.8 Å². The molecule has 0 saturated heterocycles.